The number of nitro groups is 1. The maximum absolute atomic E-state index is 13.7. The second-order valence-corrected chi connectivity index (χ2v) is 4.85. The number of nitrogens with zero attached hydrogens (tertiary/aromatic N) is 1. The molecule has 0 spiro atoms. The van der Waals surface area contributed by atoms with E-state index in [0.717, 1.165) is 24.3 Å². The van der Waals surface area contributed by atoms with E-state index in [0.29, 0.717) is 6.07 Å². The molecule has 0 aliphatic rings. The van der Waals surface area contributed by atoms with Crippen molar-refractivity contribution in [2.75, 3.05) is 5.32 Å². The van der Waals surface area contributed by atoms with Crippen LogP contribution in [-0.4, -0.2) is 10.8 Å². The number of nitro benzene ring substituents is 1. The number of carbonyl (C=O) groups excluding carboxylic acids is 1. The van der Waals surface area contributed by atoms with Crippen molar-refractivity contribution >= 4 is 33.2 Å². The lowest BCUT2D eigenvalue weighted by Crippen LogP contribution is -2.14. The van der Waals surface area contributed by atoms with Crippen LogP contribution in [0, 0.1) is 21.7 Å². The van der Waals surface area contributed by atoms with Gasteiger partial charge in [-0.15, -0.1) is 0 Å². The first-order valence-electron chi connectivity index (χ1n) is 5.59. The van der Waals surface area contributed by atoms with Crippen molar-refractivity contribution in [1.29, 1.82) is 0 Å². The lowest BCUT2D eigenvalue weighted by Gasteiger charge is -2.08. The molecule has 2 aromatic rings. The average molecular weight is 357 g/mol. The van der Waals surface area contributed by atoms with Gasteiger partial charge in [-0.3, -0.25) is 14.9 Å². The van der Waals surface area contributed by atoms with Crippen LogP contribution in [0.2, 0.25) is 0 Å². The fourth-order valence-corrected chi connectivity index (χ4v) is 2.03. The molecule has 0 saturated carbocycles. The number of anilines is 1. The van der Waals surface area contributed by atoms with Crippen LogP contribution in [0.25, 0.3) is 0 Å². The van der Waals surface area contributed by atoms with Crippen LogP contribution in [0.15, 0.2) is 40.9 Å². The summed E-state index contributed by atoms with van der Waals surface area (Å²) in [6.07, 6.45) is 0. The molecule has 0 unspecified atom stereocenters. The summed E-state index contributed by atoms with van der Waals surface area (Å²) in [5.74, 6) is -2.31. The standard InChI is InChI=1S/C13H7BrF2N2O3/c14-10-5-7(15)1-4-12(10)17-13(19)9-3-2-8(18(20)21)6-11(9)16/h1-6H,(H,17,19). The summed E-state index contributed by atoms with van der Waals surface area (Å²) < 4.78 is 26.9. The Balaban J connectivity index is 2.26. The fraction of sp³-hybridized carbons (Fsp3) is 0. The molecule has 0 saturated heterocycles. The summed E-state index contributed by atoms with van der Waals surface area (Å²) in [7, 11) is 0. The summed E-state index contributed by atoms with van der Waals surface area (Å²) in [5, 5.41) is 12.9. The molecular weight excluding hydrogens is 350 g/mol. The van der Waals surface area contributed by atoms with Gasteiger partial charge in [-0.05, 0) is 40.2 Å². The van der Waals surface area contributed by atoms with Gasteiger partial charge in [0.2, 0.25) is 0 Å². The smallest absolute Gasteiger partial charge is 0.272 e. The quantitative estimate of drug-likeness (QED) is 0.669. The minimum Gasteiger partial charge on any atom is -0.321 e. The molecule has 8 heteroatoms. The lowest BCUT2D eigenvalue weighted by atomic mass is 10.1. The number of benzene rings is 2. The maximum Gasteiger partial charge on any atom is 0.272 e. The molecule has 0 aliphatic carbocycles. The van der Waals surface area contributed by atoms with Crippen molar-refractivity contribution in [3.05, 3.63) is 68.2 Å². The van der Waals surface area contributed by atoms with E-state index in [1.807, 2.05) is 0 Å². The zero-order chi connectivity index (χ0) is 15.6. The first-order valence-corrected chi connectivity index (χ1v) is 6.38. The minimum absolute atomic E-state index is 0.249. The highest BCUT2D eigenvalue weighted by molar-refractivity contribution is 9.10. The van der Waals surface area contributed by atoms with Gasteiger partial charge in [0, 0.05) is 10.5 Å². The lowest BCUT2D eigenvalue weighted by molar-refractivity contribution is -0.385. The van der Waals surface area contributed by atoms with Crippen LogP contribution < -0.4 is 5.32 Å². The summed E-state index contributed by atoms with van der Waals surface area (Å²) >= 11 is 3.06. The Morgan fingerprint density at radius 1 is 1.19 bits per heavy atom. The van der Waals surface area contributed by atoms with Gasteiger partial charge < -0.3 is 5.32 Å². The molecule has 0 radical (unpaired) electrons. The molecule has 0 bridgehead atoms. The third-order valence-corrected chi connectivity index (χ3v) is 3.24. The minimum atomic E-state index is -1.01. The zero-order valence-electron chi connectivity index (χ0n) is 10.3. The fourth-order valence-electron chi connectivity index (χ4n) is 1.58. The van der Waals surface area contributed by atoms with E-state index in [2.05, 4.69) is 21.2 Å². The molecule has 21 heavy (non-hydrogen) atoms. The molecule has 1 amide bonds. The van der Waals surface area contributed by atoms with Crippen LogP contribution in [-0.2, 0) is 0 Å². The number of amides is 1. The zero-order valence-corrected chi connectivity index (χ0v) is 11.9. The summed E-state index contributed by atoms with van der Waals surface area (Å²) in [6, 6.07) is 6.28. The van der Waals surface area contributed by atoms with Crippen LogP contribution in [0.3, 0.4) is 0 Å². The van der Waals surface area contributed by atoms with Crippen molar-refractivity contribution in [3.63, 3.8) is 0 Å². The highest BCUT2D eigenvalue weighted by Crippen LogP contribution is 2.24. The molecule has 2 rings (SSSR count). The van der Waals surface area contributed by atoms with Gasteiger partial charge in [-0.1, -0.05) is 0 Å². The van der Waals surface area contributed by atoms with E-state index >= 15 is 0 Å². The SMILES string of the molecule is O=C(Nc1ccc(F)cc1Br)c1ccc([N+](=O)[O-])cc1F. The molecule has 0 heterocycles. The number of hydrogen-bond donors (Lipinski definition) is 1. The number of non-ortho nitro benzene ring substituents is 1. The van der Waals surface area contributed by atoms with E-state index in [1.54, 1.807) is 0 Å². The number of nitrogens with one attached hydrogen (secondary N) is 1. The molecule has 0 fully saturated rings. The predicted molar refractivity (Wildman–Crippen MR) is 75.1 cm³/mol. The third kappa shape index (κ3) is 3.40. The Morgan fingerprint density at radius 2 is 1.90 bits per heavy atom. The van der Waals surface area contributed by atoms with E-state index in [1.165, 1.54) is 6.07 Å². The second-order valence-electron chi connectivity index (χ2n) is 4.00. The van der Waals surface area contributed by atoms with Gasteiger partial charge in [0.15, 0.2) is 0 Å². The van der Waals surface area contributed by atoms with Crippen LogP contribution in [0.5, 0.6) is 0 Å². The van der Waals surface area contributed by atoms with Gasteiger partial charge in [-0.2, -0.15) is 0 Å². The first-order chi connectivity index (χ1) is 9.88. The summed E-state index contributed by atoms with van der Waals surface area (Å²) in [5.41, 5.74) is -0.553. The molecule has 108 valence electrons. The predicted octanol–water partition coefficient (Wildman–Crippen LogP) is 3.89. The van der Waals surface area contributed by atoms with Crippen LogP contribution in [0.1, 0.15) is 10.4 Å². The molecule has 5 nitrogen and oxygen atoms in total. The molecule has 0 aromatic heterocycles. The number of hydrogen-bond acceptors (Lipinski definition) is 3. The van der Waals surface area contributed by atoms with Crippen molar-refractivity contribution in [2.24, 2.45) is 0 Å². The molecule has 0 atom stereocenters. The number of rotatable bonds is 3. The normalized spacial score (nSPS) is 10.2. The van der Waals surface area contributed by atoms with Crippen molar-refractivity contribution in [1.82, 2.24) is 0 Å². The van der Waals surface area contributed by atoms with Gasteiger partial charge in [0.25, 0.3) is 11.6 Å². The second kappa shape index (κ2) is 5.96. The Bertz CT molecular complexity index is 737. The monoisotopic (exact) mass is 356 g/mol. The average Bonchev–Trinajstić information content (AvgIpc) is 2.41. The molecule has 1 N–H and O–H groups in total. The largest absolute Gasteiger partial charge is 0.321 e. The maximum atomic E-state index is 13.7. The first kappa shape index (κ1) is 15.0. The van der Waals surface area contributed by atoms with E-state index in [9.17, 15) is 23.7 Å². The highest BCUT2D eigenvalue weighted by Gasteiger charge is 2.17. The van der Waals surface area contributed by atoms with Gasteiger partial charge >= 0.3 is 0 Å². The number of halogens is 3. The Labute approximate surface area is 125 Å². The number of carbonyl (C=O) groups is 1. The van der Waals surface area contributed by atoms with Crippen molar-refractivity contribution in [2.45, 2.75) is 0 Å². The van der Waals surface area contributed by atoms with Gasteiger partial charge in [0.1, 0.15) is 11.6 Å². The topological polar surface area (TPSA) is 72.2 Å². The summed E-state index contributed by atoms with van der Waals surface area (Å²) in [6.45, 7) is 0. The van der Waals surface area contributed by atoms with E-state index < -0.39 is 28.2 Å². The van der Waals surface area contributed by atoms with Gasteiger partial charge in [0.05, 0.1) is 22.2 Å². The highest BCUT2D eigenvalue weighted by atomic mass is 79.9. The third-order valence-electron chi connectivity index (χ3n) is 2.59. The Hall–Kier alpha value is -2.35. The van der Waals surface area contributed by atoms with Crippen molar-refractivity contribution in [3.8, 4) is 0 Å². The Morgan fingerprint density at radius 3 is 2.48 bits per heavy atom. The summed E-state index contributed by atoms with van der Waals surface area (Å²) in [4.78, 5) is 21.7. The van der Waals surface area contributed by atoms with E-state index in [4.69, 9.17) is 0 Å². The molecule has 2 aromatic carbocycles. The van der Waals surface area contributed by atoms with Crippen LogP contribution >= 0.6 is 15.9 Å². The molecule has 0 aliphatic heterocycles. The Kier molecular flexibility index (Phi) is 4.27. The van der Waals surface area contributed by atoms with E-state index in [-0.39, 0.29) is 15.7 Å². The van der Waals surface area contributed by atoms with Crippen molar-refractivity contribution < 1.29 is 18.5 Å². The van der Waals surface area contributed by atoms with Crippen LogP contribution in [0.4, 0.5) is 20.2 Å². The van der Waals surface area contributed by atoms with Gasteiger partial charge in [-0.25, -0.2) is 8.78 Å². The molecular formula is C13H7BrF2N2O3.